The fraction of sp³-hybridized carbons (Fsp3) is 0.686. The lowest BCUT2D eigenvalue weighted by atomic mass is 9.93. The molecule has 6 N–H and O–H groups in total. The Morgan fingerprint density at radius 3 is 1.27 bits per heavy atom. The number of ketones is 2. The average Bonchev–Trinajstić information content (AvgIpc) is 4.02. The van der Waals surface area contributed by atoms with Crippen molar-refractivity contribution in [2.24, 2.45) is 41.4 Å². The maximum absolute atomic E-state index is 10.9. The minimum Gasteiger partial charge on any atom is -0.458 e. The van der Waals surface area contributed by atoms with Crippen LogP contribution in [-0.4, -0.2) is 98.9 Å². The van der Waals surface area contributed by atoms with Crippen molar-refractivity contribution in [2.75, 3.05) is 34.4 Å². The third kappa shape index (κ3) is 34.6. The molecule has 0 fully saturated rings. The van der Waals surface area contributed by atoms with Gasteiger partial charge in [0, 0.05) is 67.4 Å². The molecule has 1 aromatic carbocycles. The summed E-state index contributed by atoms with van der Waals surface area (Å²) in [5.41, 5.74) is 3.12. The Kier molecular flexibility index (Phi) is 42.3. The summed E-state index contributed by atoms with van der Waals surface area (Å²) in [7, 11) is 4.60. The normalized spacial score (nSPS) is 13.0. The number of ether oxygens (including phenoxy) is 1. The number of nitrogens with one attached hydrogen (secondary N) is 4. The number of Topliss-reactive ketones (excluding diaryl/α,β-unsaturated/α-hetero) is 2. The highest BCUT2D eigenvalue weighted by Crippen LogP contribution is 2.22. The van der Waals surface area contributed by atoms with E-state index in [1.165, 1.54) is 13.3 Å². The van der Waals surface area contributed by atoms with Crippen LogP contribution in [0.15, 0.2) is 46.8 Å². The average molecular weight is 1080 g/mol. The first-order chi connectivity index (χ1) is 33.7. The lowest BCUT2D eigenvalue weighted by molar-refractivity contribution is -0.162. The van der Waals surface area contributed by atoms with Crippen LogP contribution >= 0.6 is 0 Å². The number of allylic oxidation sites excluding steroid dienone is 1. The van der Waals surface area contributed by atoms with Crippen molar-refractivity contribution in [3.05, 3.63) is 75.7 Å². The van der Waals surface area contributed by atoms with Gasteiger partial charge in [-0.3, -0.25) is 43.5 Å². The highest BCUT2D eigenvalue weighted by Gasteiger charge is 2.24. The number of aliphatic hydroxyl groups is 1. The van der Waals surface area contributed by atoms with Crippen LogP contribution < -0.4 is 37.7 Å². The summed E-state index contributed by atoms with van der Waals surface area (Å²) in [6.45, 7) is 39.0. The molecule has 2 aliphatic rings. The number of cyclic esters (lactones) is 1. The molecule has 428 valence electrons. The van der Waals surface area contributed by atoms with Gasteiger partial charge in [-0.25, -0.2) is 24.4 Å². The van der Waals surface area contributed by atoms with Gasteiger partial charge >= 0.3 is 28.7 Å². The zero-order valence-electron chi connectivity index (χ0n) is 48.6. The van der Waals surface area contributed by atoms with Gasteiger partial charge in [-0.15, -0.1) is 4.74 Å². The first-order valence-electron chi connectivity index (χ1n) is 24.3. The molecule has 22 nitrogen and oxygen atoms in total. The molecule has 23 heteroatoms. The van der Waals surface area contributed by atoms with Crippen molar-refractivity contribution in [2.45, 2.75) is 157 Å². The molecule has 74 heavy (non-hydrogen) atoms. The number of hydrogen-bond acceptors (Lipinski definition) is 16. The molecule has 1 atom stereocenters. The molecule has 2 aliphatic heterocycles. The van der Waals surface area contributed by atoms with Crippen LogP contribution in [0.3, 0.4) is 0 Å². The minimum atomic E-state index is -1.32. The van der Waals surface area contributed by atoms with Crippen LogP contribution in [0.4, 0.5) is 0 Å². The Balaban J connectivity index is -0.000000243. The summed E-state index contributed by atoms with van der Waals surface area (Å²) in [4.78, 5) is 107. The molecule has 0 aliphatic carbocycles. The van der Waals surface area contributed by atoms with Gasteiger partial charge in [-0.1, -0.05) is 111 Å². The third-order valence-corrected chi connectivity index (χ3v) is 10.2. The highest BCUT2D eigenvalue weighted by molar-refractivity contribution is 7.78. The van der Waals surface area contributed by atoms with Crippen molar-refractivity contribution in [1.82, 2.24) is 30.1 Å². The van der Waals surface area contributed by atoms with Crippen LogP contribution in [0.2, 0.25) is 0 Å². The fourth-order valence-corrected chi connectivity index (χ4v) is 5.43. The van der Waals surface area contributed by atoms with Crippen molar-refractivity contribution in [3.8, 4) is 0 Å². The number of aromatic nitrogens is 2. The molecule has 0 radical (unpaired) electrons. The molecule has 0 bridgehead atoms. The van der Waals surface area contributed by atoms with Crippen LogP contribution in [0.1, 0.15) is 162 Å². The van der Waals surface area contributed by atoms with E-state index in [1.807, 2.05) is 95.0 Å². The Morgan fingerprint density at radius 1 is 0.716 bits per heavy atom. The predicted octanol–water partition coefficient (Wildman–Crippen LogP) is 5.32. The van der Waals surface area contributed by atoms with E-state index in [2.05, 4.69) is 24.1 Å². The van der Waals surface area contributed by atoms with E-state index in [0.717, 1.165) is 21.6 Å². The van der Waals surface area contributed by atoms with E-state index in [1.54, 1.807) is 69.5 Å². The SMILES string of the molecule is CC(=O)C(C)C.CC(C)C(=O)CO.CC(C)C(=O)N(C)O.CC(C)C1=COS(=O)N1.CC(C)n1oc(=O)[nH]c1=O.CC1=C(C(C)C)C(=O)OC1.CNC(=O)C(C)C.CNC(=O)C(C)C.Cc1c(C(C)C)c(=O)c1=O. The maximum atomic E-state index is 10.9. The number of rotatable bonds is 10. The number of esters is 1. The van der Waals surface area contributed by atoms with Gasteiger partial charge in [0.2, 0.25) is 28.6 Å². The van der Waals surface area contributed by atoms with Gasteiger partial charge in [-0.2, -0.15) is 4.21 Å². The first-order valence-corrected chi connectivity index (χ1v) is 25.4. The predicted molar refractivity (Wildman–Crippen MR) is 288 cm³/mol. The molecule has 3 heterocycles. The van der Waals surface area contributed by atoms with Crippen molar-refractivity contribution >= 4 is 46.5 Å². The quantitative estimate of drug-likeness (QED) is 0.0758. The molecule has 0 spiro atoms. The topological polar surface area (TPSA) is 320 Å². The van der Waals surface area contributed by atoms with Gasteiger partial charge in [0.05, 0.1) is 11.7 Å². The van der Waals surface area contributed by atoms with Crippen LogP contribution in [0.5, 0.6) is 0 Å². The fourth-order valence-electron chi connectivity index (χ4n) is 4.71. The van der Waals surface area contributed by atoms with E-state index < -0.39 is 22.7 Å². The summed E-state index contributed by atoms with van der Waals surface area (Å²) in [5.74, 6) is 0.415. The largest absolute Gasteiger partial charge is 0.458 e. The van der Waals surface area contributed by atoms with Crippen LogP contribution in [0, 0.1) is 48.3 Å². The second kappa shape index (κ2) is 40.6. The molecule has 0 saturated heterocycles. The Bertz CT molecular complexity index is 2230. The summed E-state index contributed by atoms with van der Waals surface area (Å²) < 4.78 is 28.1. The van der Waals surface area contributed by atoms with Crippen LogP contribution in [-0.2, 0) is 49.0 Å². The number of hydroxylamine groups is 2. The van der Waals surface area contributed by atoms with E-state index in [4.69, 9.17) is 15.1 Å². The molecular weight excluding hydrogens is 985 g/mol. The lowest BCUT2D eigenvalue weighted by Crippen LogP contribution is -2.38. The van der Waals surface area contributed by atoms with Gasteiger partial charge in [0.25, 0.3) is 0 Å². The molecule has 0 saturated carbocycles. The lowest BCUT2D eigenvalue weighted by Gasteiger charge is -2.09. The number of nitrogens with zero attached hydrogens (tertiary/aromatic N) is 2. The number of aromatic amines is 1. The number of hydrogen-bond donors (Lipinski definition) is 6. The maximum Gasteiger partial charge on any atom is 0.440 e. The molecule has 3 amide bonds. The minimum absolute atomic E-state index is 0.0231. The Hall–Kier alpha value is -5.81. The third-order valence-electron chi connectivity index (χ3n) is 9.56. The number of H-pyrrole nitrogens is 1. The van der Waals surface area contributed by atoms with Crippen molar-refractivity contribution < 1.29 is 56.7 Å². The zero-order valence-corrected chi connectivity index (χ0v) is 49.4. The van der Waals surface area contributed by atoms with Gasteiger partial charge in [0.1, 0.15) is 25.3 Å². The smallest absolute Gasteiger partial charge is 0.440 e. The summed E-state index contributed by atoms with van der Waals surface area (Å²) in [6, 6.07) is -0.119. The first kappa shape index (κ1) is 77.1. The molecule has 1 aromatic heterocycles. The Morgan fingerprint density at radius 2 is 1.16 bits per heavy atom. The van der Waals surface area contributed by atoms with Crippen LogP contribution in [0.25, 0.3) is 0 Å². The van der Waals surface area contributed by atoms with Gasteiger partial charge in [0.15, 0.2) is 5.78 Å². The number of carbonyl (C=O) groups is 6. The van der Waals surface area contributed by atoms with E-state index in [9.17, 15) is 52.2 Å². The number of amides is 3. The standard InChI is InChI=1S/C8H12O2.C8H10O2.C5H8N2O3.C5H9NO2S.C5H11NO2.2C5H11NO.C5H10O2.C5H10O/c1-5(2)7-6(3)4-10-8(7)9;1-4(2)6-5(3)7(9)8(6)10;1-3(2)7-4(8)6-5(9)10-7;1-4(2)5-3-8-9(7)6-5;1-4(2)5(7)6(3)8;2*1-4(2)5(7)6-3;1-4(2)5(7)3-6;1-4(2)5(3)6/h5H,4H2,1-3H3;4H,1-3H3;3H,1-2H3,(H,6,8,9);3-4,6H,1-2H3;4,8H,1-3H3;2*4H,1-3H3,(H,6,7);4,6H,3H2,1-2H3;4H,1-3H3. The summed E-state index contributed by atoms with van der Waals surface area (Å²) in [5, 5.41) is 22.3. The van der Waals surface area contributed by atoms with Crippen molar-refractivity contribution in [1.29, 1.82) is 0 Å². The van der Waals surface area contributed by atoms with E-state index in [-0.39, 0.29) is 94.3 Å². The van der Waals surface area contributed by atoms with Gasteiger partial charge in [-0.05, 0) is 57.9 Å². The molecular formula is C51H92N6O16S. The molecule has 4 rings (SSSR count). The summed E-state index contributed by atoms with van der Waals surface area (Å²) in [6.07, 6.45) is 1.50. The van der Waals surface area contributed by atoms with Gasteiger partial charge < -0.3 is 29.2 Å². The van der Waals surface area contributed by atoms with Crippen molar-refractivity contribution in [3.63, 3.8) is 0 Å². The zero-order chi connectivity index (χ0) is 59.7. The Labute approximate surface area is 440 Å². The second-order valence-electron chi connectivity index (χ2n) is 19.3. The molecule has 1 unspecified atom stereocenters. The number of carbonyl (C=O) groups excluding carboxylic acids is 6. The monoisotopic (exact) mass is 1080 g/mol. The second-order valence-corrected chi connectivity index (χ2v) is 20.1. The van der Waals surface area contributed by atoms with E-state index in [0.29, 0.717) is 34.6 Å². The molecule has 2 aromatic rings. The summed E-state index contributed by atoms with van der Waals surface area (Å²) >= 11 is -1.32. The number of aliphatic hydroxyl groups excluding tert-OH is 1. The highest BCUT2D eigenvalue weighted by atomic mass is 32.2. The van der Waals surface area contributed by atoms with E-state index >= 15 is 0 Å².